The third kappa shape index (κ3) is 2.33. The summed E-state index contributed by atoms with van der Waals surface area (Å²) in [5.74, 6) is -0.644. The quantitative estimate of drug-likeness (QED) is 0.922. The van der Waals surface area contributed by atoms with Crippen molar-refractivity contribution < 1.29 is 9.18 Å². The maximum atomic E-state index is 13.2. The van der Waals surface area contributed by atoms with Crippen LogP contribution in [0.4, 0.5) is 10.3 Å². The van der Waals surface area contributed by atoms with Crippen molar-refractivity contribution in [1.29, 1.82) is 0 Å². The lowest BCUT2D eigenvalue weighted by Gasteiger charge is -2.06. The second-order valence-corrected chi connectivity index (χ2v) is 4.06. The molecular weight excluding hydrogens is 291 g/mol. The van der Waals surface area contributed by atoms with Crippen molar-refractivity contribution in [2.24, 2.45) is 7.05 Å². The molecular formula is C10H8BrFN4O. The van der Waals surface area contributed by atoms with Crippen LogP contribution in [0, 0.1) is 5.82 Å². The van der Waals surface area contributed by atoms with E-state index in [2.05, 4.69) is 31.3 Å². The number of nitrogens with one attached hydrogen (secondary N) is 1. The van der Waals surface area contributed by atoms with Crippen LogP contribution in [0.3, 0.4) is 0 Å². The Morgan fingerprint density at radius 3 is 2.94 bits per heavy atom. The number of hydrogen-bond acceptors (Lipinski definition) is 3. The van der Waals surface area contributed by atoms with Gasteiger partial charge in [-0.15, -0.1) is 0 Å². The molecule has 17 heavy (non-hydrogen) atoms. The highest BCUT2D eigenvalue weighted by atomic mass is 79.9. The average Bonchev–Trinajstić information content (AvgIpc) is 2.68. The fourth-order valence-corrected chi connectivity index (χ4v) is 1.70. The molecule has 0 unspecified atom stereocenters. The largest absolute Gasteiger partial charge is 0.291 e. The van der Waals surface area contributed by atoms with Gasteiger partial charge in [0.15, 0.2) is 0 Å². The predicted octanol–water partition coefficient (Wildman–Crippen LogP) is 1.97. The Kier molecular flexibility index (Phi) is 3.19. The molecule has 1 aromatic carbocycles. The zero-order valence-corrected chi connectivity index (χ0v) is 10.4. The van der Waals surface area contributed by atoms with E-state index in [9.17, 15) is 9.18 Å². The Labute approximate surface area is 105 Å². The molecule has 1 aromatic heterocycles. The van der Waals surface area contributed by atoms with Crippen molar-refractivity contribution in [3.8, 4) is 0 Å². The second kappa shape index (κ2) is 4.62. The summed E-state index contributed by atoms with van der Waals surface area (Å²) in [7, 11) is 1.64. The molecule has 88 valence electrons. The van der Waals surface area contributed by atoms with E-state index in [1.54, 1.807) is 7.05 Å². The zero-order chi connectivity index (χ0) is 12.4. The van der Waals surface area contributed by atoms with Gasteiger partial charge < -0.3 is 0 Å². The van der Waals surface area contributed by atoms with Gasteiger partial charge in [-0.05, 0) is 28.1 Å². The third-order valence-electron chi connectivity index (χ3n) is 2.13. The zero-order valence-electron chi connectivity index (χ0n) is 8.82. The van der Waals surface area contributed by atoms with Crippen molar-refractivity contribution in [3.63, 3.8) is 0 Å². The van der Waals surface area contributed by atoms with E-state index in [0.717, 1.165) is 0 Å². The van der Waals surface area contributed by atoms with Gasteiger partial charge in [0, 0.05) is 7.05 Å². The number of carbonyl (C=O) groups is 1. The number of carbonyl (C=O) groups excluding carboxylic acids is 1. The number of amides is 1. The molecule has 1 heterocycles. The normalized spacial score (nSPS) is 10.3. The summed E-state index contributed by atoms with van der Waals surface area (Å²) < 4.78 is 14.8. The minimum absolute atomic E-state index is 0.125. The van der Waals surface area contributed by atoms with Crippen LogP contribution < -0.4 is 5.32 Å². The van der Waals surface area contributed by atoms with E-state index in [0.29, 0.717) is 5.95 Å². The van der Waals surface area contributed by atoms with Crippen molar-refractivity contribution in [3.05, 3.63) is 40.4 Å². The molecule has 7 heteroatoms. The van der Waals surface area contributed by atoms with E-state index in [1.807, 2.05) is 0 Å². The predicted molar refractivity (Wildman–Crippen MR) is 63.1 cm³/mol. The van der Waals surface area contributed by atoms with Crippen LogP contribution in [-0.4, -0.2) is 20.7 Å². The van der Waals surface area contributed by atoms with E-state index < -0.39 is 11.7 Å². The molecule has 0 saturated carbocycles. The number of anilines is 1. The molecule has 0 spiro atoms. The topological polar surface area (TPSA) is 59.8 Å². The fraction of sp³-hybridized carbons (Fsp3) is 0.100. The number of nitrogens with zero attached hydrogens (tertiary/aromatic N) is 3. The summed E-state index contributed by atoms with van der Waals surface area (Å²) in [5, 5.41) is 6.34. The summed E-state index contributed by atoms with van der Waals surface area (Å²) in [6.45, 7) is 0. The first-order chi connectivity index (χ1) is 8.09. The lowest BCUT2D eigenvalue weighted by Crippen LogP contribution is -2.16. The molecule has 0 fully saturated rings. The lowest BCUT2D eigenvalue weighted by molar-refractivity contribution is 0.102. The molecule has 0 saturated heterocycles. The SMILES string of the molecule is Cn1ncnc1NC(=O)c1cccc(F)c1Br. The van der Waals surface area contributed by atoms with Crippen LogP contribution in [0.1, 0.15) is 10.4 Å². The van der Waals surface area contributed by atoms with Crippen LogP contribution in [0.2, 0.25) is 0 Å². The molecule has 2 aromatic rings. The Hall–Kier alpha value is -1.76. The first-order valence-corrected chi connectivity index (χ1v) is 5.48. The summed E-state index contributed by atoms with van der Waals surface area (Å²) in [6, 6.07) is 4.24. The van der Waals surface area contributed by atoms with Gasteiger partial charge in [0.2, 0.25) is 5.95 Å². The first-order valence-electron chi connectivity index (χ1n) is 4.69. The van der Waals surface area contributed by atoms with Crippen LogP contribution in [0.25, 0.3) is 0 Å². The van der Waals surface area contributed by atoms with Crippen molar-refractivity contribution in [2.75, 3.05) is 5.32 Å². The van der Waals surface area contributed by atoms with Gasteiger partial charge in [0.05, 0.1) is 10.0 Å². The summed E-state index contributed by atoms with van der Waals surface area (Å²) in [6.07, 6.45) is 1.32. The standard InChI is InChI=1S/C10H8BrFN4O/c1-16-10(13-5-14-16)15-9(17)6-3-2-4-7(12)8(6)11/h2-5H,1H3,(H,13,14,15,17). The molecule has 0 atom stereocenters. The van der Waals surface area contributed by atoms with E-state index in [-0.39, 0.29) is 10.0 Å². The number of aryl methyl sites for hydroxylation is 1. The fourth-order valence-electron chi connectivity index (χ4n) is 1.26. The molecule has 0 aliphatic rings. The average molecular weight is 299 g/mol. The third-order valence-corrected chi connectivity index (χ3v) is 2.94. The van der Waals surface area contributed by atoms with Gasteiger partial charge in [-0.25, -0.2) is 9.07 Å². The number of aromatic nitrogens is 3. The van der Waals surface area contributed by atoms with E-state index in [1.165, 1.54) is 29.2 Å². The van der Waals surface area contributed by atoms with Crippen LogP contribution in [0.5, 0.6) is 0 Å². The highest BCUT2D eigenvalue weighted by Crippen LogP contribution is 2.21. The first kappa shape index (κ1) is 11.7. The monoisotopic (exact) mass is 298 g/mol. The molecule has 2 rings (SSSR count). The van der Waals surface area contributed by atoms with Gasteiger partial charge in [-0.2, -0.15) is 10.1 Å². The van der Waals surface area contributed by atoms with Crippen molar-refractivity contribution >= 4 is 27.8 Å². The highest BCUT2D eigenvalue weighted by Gasteiger charge is 2.14. The van der Waals surface area contributed by atoms with Crippen LogP contribution >= 0.6 is 15.9 Å². The minimum atomic E-state index is -0.490. The molecule has 1 amide bonds. The van der Waals surface area contributed by atoms with Gasteiger partial charge in [-0.3, -0.25) is 10.1 Å². The highest BCUT2D eigenvalue weighted by molar-refractivity contribution is 9.10. The maximum Gasteiger partial charge on any atom is 0.259 e. The Bertz CT molecular complexity index is 569. The number of benzene rings is 1. The number of halogens is 2. The molecule has 5 nitrogen and oxygen atoms in total. The van der Waals surface area contributed by atoms with Crippen molar-refractivity contribution in [2.45, 2.75) is 0 Å². The lowest BCUT2D eigenvalue weighted by atomic mass is 10.2. The van der Waals surface area contributed by atoms with E-state index in [4.69, 9.17) is 0 Å². The maximum absolute atomic E-state index is 13.2. The van der Waals surface area contributed by atoms with E-state index >= 15 is 0 Å². The summed E-state index contributed by atoms with van der Waals surface area (Å²) >= 11 is 3.02. The molecule has 0 aliphatic heterocycles. The Balaban J connectivity index is 2.27. The summed E-state index contributed by atoms with van der Waals surface area (Å²) in [5.41, 5.74) is 0.202. The smallest absolute Gasteiger partial charge is 0.259 e. The number of rotatable bonds is 2. The minimum Gasteiger partial charge on any atom is -0.291 e. The van der Waals surface area contributed by atoms with Crippen molar-refractivity contribution in [1.82, 2.24) is 14.8 Å². The van der Waals surface area contributed by atoms with Gasteiger partial charge in [0.1, 0.15) is 12.1 Å². The van der Waals surface area contributed by atoms with Crippen LogP contribution in [0.15, 0.2) is 29.0 Å². The van der Waals surface area contributed by atoms with Crippen LogP contribution in [-0.2, 0) is 7.05 Å². The molecule has 0 radical (unpaired) electrons. The van der Waals surface area contributed by atoms with Gasteiger partial charge in [-0.1, -0.05) is 6.07 Å². The Morgan fingerprint density at radius 2 is 2.29 bits per heavy atom. The number of hydrogen-bond donors (Lipinski definition) is 1. The molecule has 1 N–H and O–H groups in total. The summed E-state index contributed by atoms with van der Waals surface area (Å²) in [4.78, 5) is 15.7. The second-order valence-electron chi connectivity index (χ2n) is 3.26. The van der Waals surface area contributed by atoms with Gasteiger partial charge >= 0.3 is 0 Å². The van der Waals surface area contributed by atoms with Gasteiger partial charge in [0.25, 0.3) is 5.91 Å². The molecule has 0 aliphatic carbocycles. The Morgan fingerprint density at radius 1 is 1.53 bits per heavy atom. The molecule has 0 bridgehead atoms.